The first-order valence-electron chi connectivity index (χ1n) is 13.8. The molecule has 4 N–H and O–H groups in total. The van der Waals surface area contributed by atoms with Crippen LogP contribution in [0.25, 0.3) is 11.0 Å². The second-order valence-electron chi connectivity index (χ2n) is 12.0. The number of anilines is 1. The van der Waals surface area contributed by atoms with Gasteiger partial charge in [-0.2, -0.15) is 5.10 Å². The number of rotatable bonds is 11. The van der Waals surface area contributed by atoms with E-state index < -0.39 is 58.7 Å². The molecule has 1 aliphatic heterocycles. The first kappa shape index (κ1) is 30.3. The molecule has 0 aromatic carbocycles. The van der Waals surface area contributed by atoms with E-state index in [-0.39, 0.29) is 5.82 Å². The molecule has 1 saturated carbocycles. The number of likely N-dealkylation sites (tertiary alicyclic amines) is 1. The summed E-state index contributed by atoms with van der Waals surface area (Å²) in [6.07, 6.45) is 5.33. The number of nitrogens with zero attached hydrogens (tertiary/aromatic N) is 5. The number of carboxylic acids is 2. The van der Waals surface area contributed by atoms with Gasteiger partial charge in [0.1, 0.15) is 12.1 Å². The molecule has 1 atom stereocenters. The van der Waals surface area contributed by atoms with Crippen molar-refractivity contribution in [3.63, 3.8) is 0 Å². The molecule has 0 spiro atoms. The summed E-state index contributed by atoms with van der Waals surface area (Å²) < 4.78 is 7.39. The minimum atomic E-state index is -2.90. The van der Waals surface area contributed by atoms with Gasteiger partial charge in [0.05, 0.1) is 31.0 Å². The monoisotopic (exact) mass is 574 g/mol. The number of aliphatic hydroxyl groups is 1. The lowest BCUT2D eigenvalue weighted by Gasteiger charge is -2.25. The number of hydrogen-bond acceptors (Lipinski definition) is 10. The minimum absolute atomic E-state index is 0.169. The molecule has 1 amide bonds. The first-order valence-corrected chi connectivity index (χ1v) is 13.8. The van der Waals surface area contributed by atoms with Crippen LogP contribution in [0.15, 0.2) is 12.5 Å². The molecule has 2 aromatic heterocycles. The molecule has 224 valence electrons. The van der Waals surface area contributed by atoms with Crippen LogP contribution in [0.2, 0.25) is 0 Å². The standard InChI is InChI=1S/C27H38N6O8/c1-24(2)25(3,4)27(24,41-19(36)14-26(40,23(38)39)13-18(34)35)22(37)31-20-17-15-30-33(21(17)29-16-28-20)12-11-32-9-7-5-6-8-10-32/h15-16,40H,5-14H2,1-4H3,(H,34,35)(H,38,39)(H,28,29,31,37). The molecule has 1 unspecified atom stereocenters. The van der Waals surface area contributed by atoms with E-state index in [2.05, 4.69) is 25.3 Å². The van der Waals surface area contributed by atoms with Crippen LogP contribution < -0.4 is 5.32 Å². The van der Waals surface area contributed by atoms with Crippen molar-refractivity contribution in [2.45, 2.75) is 84.0 Å². The van der Waals surface area contributed by atoms with Gasteiger partial charge in [-0.1, -0.05) is 40.5 Å². The average Bonchev–Trinajstić information content (AvgIpc) is 3.05. The maximum Gasteiger partial charge on any atom is 0.336 e. The lowest BCUT2D eigenvalue weighted by Crippen LogP contribution is -2.46. The Labute approximate surface area is 237 Å². The van der Waals surface area contributed by atoms with Gasteiger partial charge in [-0.05, 0) is 25.9 Å². The van der Waals surface area contributed by atoms with Crippen LogP contribution in [-0.4, -0.2) is 94.6 Å². The zero-order chi connectivity index (χ0) is 30.2. The summed E-state index contributed by atoms with van der Waals surface area (Å²) in [5.41, 5.74) is -5.94. The third-order valence-electron chi connectivity index (χ3n) is 9.12. The molecular formula is C27H38N6O8. The lowest BCUT2D eigenvalue weighted by molar-refractivity contribution is -0.177. The normalized spacial score (nSPS) is 20.9. The number of fused-ring (bicyclic) bond motifs is 1. The molecule has 3 heterocycles. The Balaban J connectivity index is 1.54. The summed E-state index contributed by atoms with van der Waals surface area (Å²) in [5, 5.41) is 36.4. The fourth-order valence-corrected chi connectivity index (χ4v) is 5.99. The van der Waals surface area contributed by atoms with Gasteiger partial charge in [-0.15, -0.1) is 0 Å². The quantitative estimate of drug-likeness (QED) is 0.284. The van der Waals surface area contributed by atoms with Crippen molar-refractivity contribution in [2.75, 3.05) is 25.0 Å². The van der Waals surface area contributed by atoms with Gasteiger partial charge in [0.25, 0.3) is 5.91 Å². The van der Waals surface area contributed by atoms with Crippen molar-refractivity contribution >= 4 is 40.7 Å². The molecule has 0 radical (unpaired) electrons. The smallest absolute Gasteiger partial charge is 0.336 e. The Kier molecular flexibility index (Phi) is 8.11. The third-order valence-corrected chi connectivity index (χ3v) is 9.12. The third kappa shape index (κ3) is 5.37. The predicted octanol–water partition coefficient (Wildman–Crippen LogP) is 1.67. The van der Waals surface area contributed by atoms with E-state index >= 15 is 0 Å². The average molecular weight is 575 g/mol. The number of amides is 1. The highest BCUT2D eigenvalue weighted by molar-refractivity contribution is 6.06. The van der Waals surface area contributed by atoms with Gasteiger partial charge < -0.3 is 30.3 Å². The van der Waals surface area contributed by atoms with Crippen molar-refractivity contribution in [1.29, 1.82) is 0 Å². The predicted molar refractivity (Wildman–Crippen MR) is 145 cm³/mol. The molecule has 0 bridgehead atoms. The highest BCUT2D eigenvalue weighted by Crippen LogP contribution is 2.73. The van der Waals surface area contributed by atoms with Gasteiger partial charge in [0, 0.05) is 17.4 Å². The van der Waals surface area contributed by atoms with E-state index in [1.807, 2.05) is 0 Å². The molecule has 41 heavy (non-hydrogen) atoms. The number of ether oxygens (including phenoxy) is 1. The number of aliphatic carboxylic acids is 2. The van der Waals surface area contributed by atoms with Crippen LogP contribution in [0.1, 0.15) is 66.2 Å². The number of hydrogen-bond donors (Lipinski definition) is 4. The zero-order valence-electron chi connectivity index (χ0n) is 23.8. The van der Waals surface area contributed by atoms with Gasteiger partial charge in [-0.25, -0.2) is 19.4 Å². The van der Waals surface area contributed by atoms with Crippen LogP contribution in [0.4, 0.5) is 5.82 Å². The van der Waals surface area contributed by atoms with Crippen LogP contribution in [-0.2, 0) is 30.5 Å². The molecule has 2 aliphatic rings. The Bertz CT molecular complexity index is 1330. The largest absolute Gasteiger partial charge is 0.481 e. The van der Waals surface area contributed by atoms with E-state index in [4.69, 9.17) is 9.84 Å². The van der Waals surface area contributed by atoms with Gasteiger partial charge in [0.2, 0.25) is 5.60 Å². The molecule has 2 fully saturated rings. The van der Waals surface area contributed by atoms with E-state index in [0.29, 0.717) is 17.6 Å². The second kappa shape index (κ2) is 11.0. The molecule has 2 aromatic rings. The second-order valence-corrected chi connectivity index (χ2v) is 12.0. The summed E-state index contributed by atoms with van der Waals surface area (Å²) in [6.45, 7) is 10.4. The van der Waals surface area contributed by atoms with Gasteiger partial charge >= 0.3 is 17.9 Å². The topological polar surface area (TPSA) is 197 Å². The molecule has 1 saturated heterocycles. The number of carbonyl (C=O) groups is 4. The molecule has 14 heteroatoms. The van der Waals surface area contributed by atoms with E-state index in [1.165, 1.54) is 32.0 Å². The maximum absolute atomic E-state index is 13.8. The van der Waals surface area contributed by atoms with E-state index in [1.54, 1.807) is 38.6 Å². The number of nitrogens with one attached hydrogen (secondary N) is 1. The highest BCUT2D eigenvalue weighted by atomic mass is 16.6. The Hall–Kier alpha value is -3.65. The summed E-state index contributed by atoms with van der Waals surface area (Å²) >= 11 is 0. The molecule has 4 rings (SSSR count). The lowest BCUT2D eigenvalue weighted by atomic mass is 9.95. The summed E-state index contributed by atoms with van der Waals surface area (Å²) in [4.78, 5) is 60.4. The highest BCUT2D eigenvalue weighted by Gasteiger charge is 2.84. The van der Waals surface area contributed by atoms with Crippen molar-refractivity contribution in [3.8, 4) is 0 Å². The van der Waals surface area contributed by atoms with Crippen molar-refractivity contribution in [3.05, 3.63) is 12.5 Å². The van der Waals surface area contributed by atoms with Crippen molar-refractivity contribution in [2.24, 2.45) is 10.8 Å². The van der Waals surface area contributed by atoms with Crippen LogP contribution in [0, 0.1) is 10.8 Å². The number of esters is 1. The molecular weight excluding hydrogens is 536 g/mol. The van der Waals surface area contributed by atoms with E-state index in [9.17, 15) is 29.4 Å². The Morgan fingerprint density at radius 1 is 0.976 bits per heavy atom. The molecule has 14 nitrogen and oxygen atoms in total. The van der Waals surface area contributed by atoms with Crippen molar-refractivity contribution < 1.29 is 39.2 Å². The molecule has 1 aliphatic carbocycles. The zero-order valence-corrected chi connectivity index (χ0v) is 23.8. The fourth-order valence-electron chi connectivity index (χ4n) is 5.99. The van der Waals surface area contributed by atoms with E-state index in [0.717, 1.165) is 19.6 Å². The van der Waals surface area contributed by atoms with Gasteiger partial charge in [-0.3, -0.25) is 14.4 Å². The first-order chi connectivity index (χ1) is 19.2. The number of carbonyl (C=O) groups excluding carboxylic acids is 2. The SMILES string of the molecule is CC1(C)C(C)(C)C1(OC(=O)CC(O)(CC(=O)O)C(=O)O)C(=O)Nc1ncnc2c1cnn2CCN1CCCCCC1. The van der Waals surface area contributed by atoms with Crippen molar-refractivity contribution in [1.82, 2.24) is 24.6 Å². The van der Waals surface area contributed by atoms with Crippen LogP contribution in [0.5, 0.6) is 0 Å². The van der Waals surface area contributed by atoms with Crippen LogP contribution in [0.3, 0.4) is 0 Å². The number of aromatic nitrogens is 4. The minimum Gasteiger partial charge on any atom is -0.481 e. The number of carboxylic acid groups (broad SMARTS) is 2. The Morgan fingerprint density at radius 2 is 1.61 bits per heavy atom. The summed E-state index contributed by atoms with van der Waals surface area (Å²) in [5.74, 6) is -5.25. The summed E-state index contributed by atoms with van der Waals surface area (Å²) in [6, 6.07) is 0. The fraction of sp³-hybridized carbons (Fsp3) is 0.667. The Morgan fingerprint density at radius 3 is 2.17 bits per heavy atom. The maximum atomic E-state index is 13.8. The summed E-state index contributed by atoms with van der Waals surface area (Å²) in [7, 11) is 0. The van der Waals surface area contributed by atoms with Crippen LogP contribution >= 0.6 is 0 Å². The van der Waals surface area contributed by atoms with Gasteiger partial charge in [0.15, 0.2) is 11.2 Å².